The summed E-state index contributed by atoms with van der Waals surface area (Å²) in [6.07, 6.45) is 0. The molecule has 0 fully saturated rings. The summed E-state index contributed by atoms with van der Waals surface area (Å²) in [5, 5.41) is 3.49. The Morgan fingerprint density at radius 3 is 2.65 bits per heavy atom. The molecule has 104 valence electrons. The number of amides is 1. The van der Waals surface area contributed by atoms with Crippen molar-refractivity contribution in [2.75, 3.05) is 12.3 Å². The molecule has 0 aromatic heterocycles. The average molecular weight is 371 g/mol. The van der Waals surface area contributed by atoms with Gasteiger partial charge in [-0.15, -0.1) is 11.8 Å². The van der Waals surface area contributed by atoms with Gasteiger partial charge in [-0.1, -0.05) is 29.8 Å². The number of carbonyl (C=O) groups is 1. The van der Waals surface area contributed by atoms with E-state index < -0.39 is 0 Å². The summed E-state index contributed by atoms with van der Waals surface area (Å²) in [6, 6.07) is 15.3. The maximum Gasteiger partial charge on any atom is 0.251 e. The second-order valence-electron chi connectivity index (χ2n) is 4.05. The molecule has 0 bridgehead atoms. The molecule has 0 heterocycles. The summed E-state index contributed by atoms with van der Waals surface area (Å²) in [5.41, 5.74) is 0.603. The minimum Gasteiger partial charge on any atom is -0.351 e. The SMILES string of the molecule is O=C(NCCSc1ccccc1)c1ccc(Cl)c(Br)c1. The zero-order chi connectivity index (χ0) is 14.4. The molecule has 2 nitrogen and oxygen atoms in total. The lowest BCUT2D eigenvalue weighted by molar-refractivity contribution is 0.0956. The molecule has 0 saturated heterocycles. The van der Waals surface area contributed by atoms with Crippen LogP contribution in [0.15, 0.2) is 57.9 Å². The molecule has 0 aliphatic rings. The van der Waals surface area contributed by atoms with Crippen LogP contribution in [-0.4, -0.2) is 18.2 Å². The van der Waals surface area contributed by atoms with Crippen LogP contribution in [0.4, 0.5) is 0 Å². The van der Waals surface area contributed by atoms with Crippen molar-refractivity contribution in [1.29, 1.82) is 0 Å². The summed E-state index contributed by atoms with van der Waals surface area (Å²) in [7, 11) is 0. The Labute approximate surface area is 136 Å². The van der Waals surface area contributed by atoms with Crippen LogP contribution in [0.3, 0.4) is 0 Å². The highest BCUT2D eigenvalue weighted by Gasteiger charge is 2.07. The van der Waals surface area contributed by atoms with Crippen molar-refractivity contribution < 1.29 is 4.79 Å². The van der Waals surface area contributed by atoms with Crippen LogP contribution in [0, 0.1) is 0 Å². The number of halogens is 2. The van der Waals surface area contributed by atoms with E-state index in [1.54, 1.807) is 30.0 Å². The van der Waals surface area contributed by atoms with Gasteiger partial charge in [0.15, 0.2) is 0 Å². The Bertz CT molecular complexity index is 592. The summed E-state index contributed by atoms with van der Waals surface area (Å²) >= 11 is 10.9. The number of benzene rings is 2. The maximum absolute atomic E-state index is 11.9. The lowest BCUT2D eigenvalue weighted by Crippen LogP contribution is -2.25. The molecule has 0 spiro atoms. The fourth-order valence-corrected chi connectivity index (χ4v) is 2.88. The molecule has 2 aromatic carbocycles. The third-order valence-electron chi connectivity index (χ3n) is 2.58. The Morgan fingerprint density at radius 1 is 1.20 bits per heavy atom. The van der Waals surface area contributed by atoms with Gasteiger partial charge in [-0.25, -0.2) is 0 Å². The van der Waals surface area contributed by atoms with Gasteiger partial charge in [-0.05, 0) is 46.3 Å². The van der Waals surface area contributed by atoms with Crippen LogP contribution in [0.1, 0.15) is 10.4 Å². The van der Waals surface area contributed by atoms with Gasteiger partial charge < -0.3 is 5.32 Å². The zero-order valence-corrected chi connectivity index (χ0v) is 13.8. The van der Waals surface area contributed by atoms with Crippen molar-refractivity contribution >= 4 is 45.2 Å². The molecule has 2 rings (SSSR count). The van der Waals surface area contributed by atoms with E-state index >= 15 is 0 Å². The topological polar surface area (TPSA) is 29.1 Å². The third-order valence-corrected chi connectivity index (χ3v) is 4.81. The average Bonchev–Trinajstić information content (AvgIpc) is 2.47. The molecule has 1 amide bonds. The van der Waals surface area contributed by atoms with Crippen LogP contribution >= 0.6 is 39.3 Å². The van der Waals surface area contributed by atoms with Gasteiger partial charge in [0.25, 0.3) is 5.91 Å². The van der Waals surface area contributed by atoms with E-state index in [9.17, 15) is 4.79 Å². The third kappa shape index (κ3) is 4.54. The van der Waals surface area contributed by atoms with E-state index in [0.29, 0.717) is 17.1 Å². The highest BCUT2D eigenvalue weighted by molar-refractivity contribution is 9.10. The fraction of sp³-hybridized carbons (Fsp3) is 0.133. The van der Waals surface area contributed by atoms with Gasteiger partial charge in [0.1, 0.15) is 0 Å². The van der Waals surface area contributed by atoms with Crippen molar-refractivity contribution in [3.8, 4) is 0 Å². The molecule has 0 atom stereocenters. The van der Waals surface area contributed by atoms with Crippen molar-refractivity contribution in [3.63, 3.8) is 0 Å². The number of hydrogen-bond acceptors (Lipinski definition) is 2. The van der Waals surface area contributed by atoms with Gasteiger partial charge >= 0.3 is 0 Å². The summed E-state index contributed by atoms with van der Waals surface area (Å²) in [5.74, 6) is 0.751. The first-order valence-electron chi connectivity index (χ1n) is 6.08. The largest absolute Gasteiger partial charge is 0.351 e. The lowest BCUT2D eigenvalue weighted by atomic mass is 10.2. The first-order valence-corrected chi connectivity index (χ1v) is 8.23. The molecule has 0 radical (unpaired) electrons. The van der Waals surface area contributed by atoms with Crippen molar-refractivity contribution in [2.24, 2.45) is 0 Å². The van der Waals surface area contributed by atoms with Crippen molar-refractivity contribution in [2.45, 2.75) is 4.90 Å². The summed E-state index contributed by atoms with van der Waals surface area (Å²) < 4.78 is 0.727. The monoisotopic (exact) mass is 369 g/mol. The number of carbonyl (C=O) groups excluding carboxylic acids is 1. The van der Waals surface area contributed by atoms with E-state index in [1.807, 2.05) is 18.2 Å². The second-order valence-corrected chi connectivity index (χ2v) is 6.48. The standard InChI is InChI=1S/C15H13BrClNOS/c16-13-10-11(6-7-14(13)17)15(19)18-8-9-20-12-4-2-1-3-5-12/h1-7,10H,8-9H2,(H,18,19). The molecule has 0 saturated carbocycles. The maximum atomic E-state index is 11.9. The predicted molar refractivity (Wildman–Crippen MR) is 88.7 cm³/mol. The molecular formula is C15H13BrClNOS. The molecular weight excluding hydrogens is 358 g/mol. The second kappa shape index (κ2) is 7.72. The molecule has 20 heavy (non-hydrogen) atoms. The predicted octanol–water partition coefficient (Wildman–Crippen LogP) is 4.62. The van der Waals surface area contributed by atoms with Crippen molar-refractivity contribution in [1.82, 2.24) is 5.32 Å². The molecule has 5 heteroatoms. The van der Waals surface area contributed by atoms with Crippen LogP contribution in [0.2, 0.25) is 5.02 Å². The van der Waals surface area contributed by atoms with Gasteiger partial charge in [-0.3, -0.25) is 4.79 Å². The minimum atomic E-state index is -0.0870. The fourth-order valence-electron chi connectivity index (χ4n) is 1.59. The van der Waals surface area contributed by atoms with Gasteiger partial charge in [0, 0.05) is 27.2 Å². The van der Waals surface area contributed by atoms with E-state index in [0.717, 1.165) is 10.2 Å². The van der Waals surface area contributed by atoms with Crippen LogP contribution in [0.5, 0.6) is 0 Å². The number of thioether (sulfide) groups is 1. The highest BCUT2D eigenvalue weighted by Crippen LogP contribution is 2.23. The van der Waals surface area contributed by atoms with Crippen LogP contribution < -0.4 is 5.32 Å². The molecule has 0 unspecified atom stereocenters. The van der Waals surface area contributed by atoms with Gasteiger partial charge in [0.2, 0.25) is 0 Å². The first-order chi connectivity index (χ1) is 9.66. The molecule has 0 aliphatic carbocycles. The Morgan fingerprint density at radius 2 is 1.95 bits per heavy atom. The molecule has 0 aliphatic heterocycles. The van der Waals surface area contributed by atoms with Gasteiger partial charge in [-0.2, -0.15) is 0 Å². The molecule has 1 N–H and O–H groups in total. The summed E-state index contributed by atoms with van der Waals surface area (Å²) in [4.78, 5) is 13.1. The highest BCUT2D eigenvalue weighted by atomic mass is 79.9. The molecule has 2 aromatic rings. The smallest absolute Gasteiger partial charge is 0.251 e. The quantitative estimate of drug-likeness (QED) is 0.614. The zero-order valence-electron chi connectivity index (χ0n) is 10.6. The summed E-state index contributed by atoms with van der Waals surface area (Å²) in [6.45, 7) is 0.624. The van der Waals surface area contributed by atoms with E-state index in [1.165, 1.54) is 4.90 Å². The number of hydrogen-bond donors (Lipinski definition) is 1. The number of nitrogens with one attached hydrogen (secondary N) is 1. The van der Waals surface area contributed by atoms with E-state index in [4.69, 9.17) is 11.6 Å². The van der Waals surface area contributed by atoms with Crippen molar-refractivity contribution in [3.05, 3.63) is 63.6 Å². The number of rotatable bonds is 5. The van der Waals surface area contributed by atoms with Crippen LogP contribution in [0.25, 0.3) is 0 Å². The minimum absolute atomic E-state index is 0.0870. The Kier molecular flexibility index (Phi) is 5.95. The Balaban J connectivity index is 1.79. The van der Waals surface area contributed by atoms with Crippen LogP contribution in [-0.2, 0) is 0 Å². The van der Waals surface area contributed by atoms with E-state index in [2.05, 4.69) is 33.4 Å². The Hall–Kier alpha value is -0.970. The lowest BCUT2D eigenvalue weighted by Gasteiger charge is -2.06. The normalized spacial score (nSPS) is 10.3. The van der Waals surface area contributed by atoms with Gasteiger partial charge in [0.05, 0.1) is 5.02 Å². The first kappa shape index (κ1) is 15.4. The van der Waals surface area contributed by atoms with E-state index in [-0.39, 0.29) is 5.91 Å².